The average Bonchev–Trinajstić information content (AvgIpc) is 2.16. The number of unbranched alkanes of at least 4 members (excludes halogenated alkanes) is 1. The van der Waals surface area contributed by atoms with Crippen LogP contribution in [-0.2, 0) is 4.79 Å². The van der Waals surface area contributed by atoms with Gasteiger partial charge in [-0.3, -0.25) is 4.79 Å². The van der Waals surface area contributed by atoms with Crippen LogP contribution in [0.2, 0.25) is 0 Å². The maximum absolute atomic E-state index is 11.1. The van der Waals surface area contributed by atoms with Crippen LogP contribution in [0.15, 0.2) is 12.2 Å². The molecule has 0 saturated carbocycles. The minimum absolute atomic E-state index is 0. The van der Waals surface area contributed by atoms with Crippen LogP contribution in [0.3, 0.4) is 0 Å². The molecule has 16 heavy (non-hydrogen) atoms. The Labute approximate surface area is 110 Å². The van der Waals surface area contributed by atoms with Crippen molar-refractivity contribution in [3.05, 3.63) is 12.2 Å². The van der Waals surface area contributed by atoms with Crippen LogP contribution in [0.4, 0.5) is 0 Å². The fourth-order valence-corrected chi connectivity index (χ4v) is 1.18. The fraction of sp³-hybridized carbons (Fsp3) is 0.750. The first kappa shape index (κ1) is 18.0. The summed E-state index contributed by atoms with van der Waals surface area (Å²) < 4.78 is 1.05. The summed E-state index contributed by atoms with van der Waals surface area (Å²) in [7, 11) is 4.46. The van der Waals surface area contributed by atoms with Crippen molar-refractivity contribution in [1.82, 2.24) is 5.32 Å². The minimum Gasteiger partial charge on any atom is -1.00 e. The zero-order valence-corrected chi connectivity index (χ0v) is 12.6. The Hall–Kier alpha value is -0.350. The number of halogens is 1. The van der Waals surface area contributed by atoms with Gasteiger partial charge < -0.3 is 26.8 Å². The highest BCUT2D eigenvalue weighted by Gasteiger charge is 2.10. The topological polar surface area (TPSA) is 29.1 Å². The second kappa shape index (κ2) is 8.76. The number of quaternary nitrogens is 1. The zero-order valence-electron chi connectivity index (χ0n) is 11.0. The minimum atomic E-state index is -0.0285. The molecule has 4 heteroatoms. The van der Waals surface area contributed by atoms with E-state index in [2.05, 4.69) is 32.9 Å². The van der Waals surface area contributed by atoms with Gasteiger partial charge >= 0.3 is 0 Å². The third-order valence-corrected chi connectivity index (χ3v) is 2.72. The van der Waals surface area contributed by atoms with Crippen LogP contribution < -0.4 is 22.3 Å². The maximum Gasteiger partial charge on any atom is 0.246 e. The second-order valence-corrected chi connectivity index (χ2v) is 4.72. The molecule has 0 aliphatic carbocycles. The van der Waals surface area contributed by atoms with Gasteiger partial charge in [0.1, 0.15) is 0 Å². The number of carbonyl (C=O) groups excluding carboxylic acids is 1. The number of carbonyl (C=O) groups is 1. The van der Waals surface area contributed by atoms with Crippen molar-refractivity contribution in [3.8, 4) is 0 Å². The van der Waals surface area contributed by atoms with E-state index < -0.39 is 0 Å². The highest BCUT2D eigenvalue weighted by atomic mass is 79.9. The predicted octanol–water partition coefficient (Wildman–Crippen LogP) is -1.44. The van der Waals surface area contributed by atoms with Gasteiger partial charge in [-0.15, -0.1) is 0 Å². The predicted molar refractivity (Wildman–Crippen MR) is 64.6 cm³/mol. The molecule has 1 N–H and O–H groups in total. The zero-order chi connectivity index (χ0) is 11.9. The molecule has 0 bridgehead atoms. The van der Waals surface area contributed by atoms with E-state index in [4.69, 9.17) is 0 Å². The molecule has 0 aromatic heterocycles. The van der Waals surface area contributed by atoms with Crippen molar-refractivity contribution >= 4 is 5.91 Å². The van der Waals surface area contributed by atoms with Crippen LogP contribution >= 0.6 is 0 Å². The first-order chi connectivity index (χ1) is 6.89. The normalized spacial score (nSPS) is 10.5. The summed E-state index contributed by atoms with van der Waals surface area (Å²) in [6, 6.07) is 0. The van der Waals surface area contributed by atoms with Crippen molar-refractivity contribution in [3.63, 3.8) is 0 Å². The van der Waals surface area contributed by atoms with E-state index in [1.54, 1.807) is 6.92 Å². The maximum atomic E-state index is 11.1. The molecule has 0 rings (SSSR count). The lowest BCUT2D eigenvalue weighted by molar-refractivity contribution is -0.888. The molecule has 0 aromatic carbocycles. The Bertz CT molecular complexity index is 227. The van der Waals surface area contributed by atoms with E-state index in [-0.39, 0.29) is 22.9 Å². The molecular weight excluding hydrogens is 268 g/mol. The van der Waals surface area contributed by atoms with E-state index in [0.29, 0.717) is 5.57 Å². The van der Waals surface area contributed by atoms with Crippen molar-refractivity contribution in [2.24, 2.45) is 0 Å². The van der Waals surface area contributed by atoms with Gasteiger partial charge in [0.25, 0.3) is 0 Å². The van der Waals surface area contributed by atoms with Gasteiger partial charge in [0.15, 0.2) is 0 Å². The van der Waals surface area contributed by atoms with Gasteiger partial charge in [0.05, 0.1) is 27.2 Å². The second-order valence-electron chi connectivity index (χ2n) is 4.72. The third-order valence-electron chi connectivity index (χ3n) is 2.72. The molecule has 0 aliphatic rings. The van der Waals surface area contributed by atoms with Crippen LogP contribution in [0.1, 0.15) is 26.7 Å². The van der Waals surface area contributed by atoms with Crippen LogP contribution in [0, 0.1) is 0 Å². The lowest BCUT2D eigenvalue weighted by Crippen LogP contribution is -3.00. The molecule has 0 heterocycles. The largest absolute Gasteiger partial charge is 1.00 e. The molecule has 0 atom stereocenters. The number of hydrogen-bond acceptors (Lipinski definition) is 1. The molecular formula is C12H25BrN2O. The van der Waals surface area contributed by atoms with Gasteiger partial charge in [-0.25, -0.2) is 0 Å². The van der Waals surface area contributed by atoms with E-state index in [0.717, 1.165) is 30.4 Å². The standard InChI is InChI=1S/C12H24N2O.BrH/c1-6-14(4,5)10-8-7-9-13-12(15)11(2)3;/h2,6-10H2,1,3-5H3;1H. The van der Waals surface area contributed by atoms with E-state index in [9.17, 15) is 4.79 Å². The summed E-state index contributed by atoms with van der Waals surface area (Å²) >= 11 is 0. The average molecular weight is 293 g/mol. The van der Waals surface area contributed by atoms with Crippen LogP contribution in [-0.4, -0.2) is 44.1 Å². The first-order valence-electron chi connectivity index (χ1n) is 5.65. The number of nitrogens with one attached hydrogen (secondary N) is 1. The molecule has 0 radical (unpaired) electrons. The molecule has 0 spiro atoms. The quantitative estimate of drug-likeness (QED) is 0.348. The molecule has 3 nitrogen and oxygen atoms in total. The fourth-order valence-electron chi connectivity index (χ4n) is 1.18. The molecule has 0 saturated heterocycles. The van der Waals surface area contributed by atoms with Crippen LogP contribution in [0.25, 0.3) is 0 Å². The lowest BCUT2D eigenvalue weighted by atomic mass is 10.2. The number of hydrogen-bond donors (Lipinski definition) is 1. The smallest absolute Gasteiger partial charge is 0.246 e. The van der Waals surface area contributed by atoms with Crippen LogP contribution in [0.5, 0.6) is 0 Å². The molecule has 96 valence electrons. The first-order valence-corrected chi connectivity index (χ1v) is 5.65. The molecule has 0 fully saturated rings. The van der Waals surface area contributed by atoms with Gasteiger partial charge in [-0.1, -0.05) is 6.58 Å². The Kier molecular flexibility index (Phi) is 9.87. The monoisotopic (exact) mass is 292 g/mol. The number of nitrogens with zero attached hydrogens (tertiary/aromatic N) is 1. The highest BCUT2D eigenvalue weighted by molar-refractivity contribution is 5.91. The van der Waals surface area contributed by atoms with Gasteiger partial charge in [0, 0.05) is 12.1 Å². The SMILES string of the molecule is C=C(C)C(=O)NCCCC[N+](C)(C)CC.[Br-]. The summed E-state index contributed by atoms with van der Waals surface area (Å²) in [5.41, 5.74) is 0.583. The molecule has 0 aliphatic heterocycles. The highest BCUT2D eigenvalue weighted by Crippen LogP contribution is 2.00. The van der Waals surface area contributed by atoms with Crippen molar-refractivity contribution in [2.75, 3.05) is 33.7 Å². The number of rotatable bonds is 7. The van der Waals surface area contributed by atoms with Gasteiger partial charge in [0.2, 0.25) is 5.91 Å². The van der Waals surface area contributed by atoms with Crippen molar-refractivity contribution in [2.45, 2.75) is 26.7 Å². The van der Waals surface area contributed by atoms with Gasteiger partial charge in [-0.05, 0) is 26.7 Å². The van der Waals surface area contributed by atoms with E-state index in [1.807, 2.05) is 0 Å². The summed E-state index contributed by atoms with van der Waals surface area (Å²) in [6.07, 6.45) is 2.19. The summed E-state index contributed by atoms with van der Waals surface area (Å²) in [5.74, 6) is -0.0285. The van der Waals surface area contributed by atoms with Gasteiger partial charge in [-0.2, -0.15) is 0 Å². The Balaban J connectivity index is 0. The Morgan fingerprint density at radius 1 is 1.31 bits per heavy atom. The summed E-state index contributed by atoms with van der Waals surface area (Å²) in [5, 5.41) is 2.84. The van der Waals surface area contributed by atoms with Crippen molar-refractivity contribution < 1.29 is 26.3 Å². The molecule has 1 amide bonds. The third kappa shape index (κ3) is 8.92. The summed E-state index contributed by atoms with van der Waals surface area (Å²) in [4.78, 5) is 11.1. The summed E-state index contributed by atoms with van der Waals surface area (Å²) in [6.45, 7) is 10.6. The Morgan fingerprint density at radius 2 is 1.88 bits per heavy atom. The molecule has 0 aromatic rings. The van der Waals surface area contributed by atoms with Crippen molar-refractivity contribution in [1.29, 1.82) is 0 Å². The number of amides is 1. The molecule has 0 unspecified atom stereocenters. The van der Waals surface area contributed by atoms with E-state index >= 15 is 0 Å². The van der Waals surface area contributed by atoms with E-state index in [1.165, 1.54) is 6.54 Å². The Morgan fingerprint density at radius 3 is 2.31 bits per heavy atom. The lowest BCUT2D eigenvalue weighted by Gasteiger charge is -2.28.